The zero-order chi connectivity index (χ0) is 17.6. The lowest BCUT2D eigenvalue weighted by Crippen LogP contribution is -2.17. The van der Waals surface area contributed by atoms with Crippen molar-refractivity contribution in [1.82, 2.24) is 15.6 Å². The second kappa shape index (κ2) is 7.63. The number of hydrogen-bond donors (Lipinski definition) is 2. The molecule has 6 nitrogen and oxygen atoms in total. The van der Waals surface area contributed by atoms with Gasteiger partial charge in [0.1, 0.15) is 5.75 Å². The van der Waals surface area contributed by atoms with Crippen molar-refractivity contribution in [1.29, 1.82) is 0 Å². The van der Waals surface area contributed by atoms with Crippen LogP contribution in [0.15, 0.2) is 59.8 Å². The first-order valence-electron chi connectivity index (χ1n) is 7.44. The van der Waals surface area contributed by atoms with Crippen molar-refractivity contribution in [2.75, 3.05) is 7.11 Å². The van der Waals surface area contributed by atoms with E-state index in [1.807, 2.05) is 12.1 Å². The fraction of sp³-hybridized carbons (Fsp3) is 0.0556. The number of carbonyl (C=O) groups excluding carboxylic acids is 1. The minimum Gasteiger partial charge on any atom is -0.497 e. The van der Waals surface area contributed by atoms with Gasteiger partial charge in [-0.2, -0.15) is 10.2 Å². The van der Waals surface area contributed by atoms with Crippen molar-refractivity contribution in [3.05, 3.63) is 70.9 Å². The molecule has 0 atom stereocenters. The average Bonchev–Trinajstić information content (AvgIpc) is 3.11. The van der Waals surface area contributed by atoms with Crippen LogP contribution in [0.5, 0.6) is 5.75 Å². The van der Waals surface area contributed by atoms with Crippen LogP contribution in [0.4, 0.5) is 0 Å². The van der Waals surface area contributed by atoms with Gasteiger partial charge in [0.2, 0.25) is 0 Å². The number of hydrazone groups is 1. The highest BCUT2D eigenvalue weighted by Crippen LogP contribution is 2.21. The van der Waals surface area contributed by atoms with Crippen LogP contribution in [0.25, 0.3) is 11.3 Å². The molecule has 0 fully saturated rings. The summed E-state index contributed by atoms with van der Waals surface area (Å²) in [6.45, 7) is 0. The van der Waals surface area contributed by atoms with E-state index in [0.29, 0.717) is 16.3 Å². The lowest BCUT2D eigenvalue weighted by Gasteiger charge is -2.02. The quantitative estimate of drug-likeness (QED) is 0.543. The zero-order valence-corrected chi connectivity index (χ0v) is 14.1. The molecule has 0 unspecified atom stereocenters. The number of hydrogen-bond acceptors (Lipinski definition) is 4. The normalized spacial score (nSPS) is 10.8. The summed E-state index contributed by atoms with van der Waals surface area (Å²) in [7, 11) is 1.57. The van der Waals surface area contributed by atoms with E-state index in [9.17, 15) is 4.79 Å². The SMILES string of the molecule is COc1ccc(C(=O)N/N=C/c2cn[nH]c2-c2ccc(Cl)cc2)cc1. The molecule has 126 valence electrons. The molecule has 0 bridgehead atoms. The molecule has 7 heteroatoms. The Bertz CT molecular complexity index is 886. The van der Waals surface area contributed by atoms with Crippen molar-refractivity contribution < 1.29 is 9.53 Å². The smallest absolute Gasteiger partial charge is 0.271 e. The van der Waals surface area contributed by atoms with Crippen LogP contribution in [0, 0.1) is 0 Å². The van der Waals surface area contributed by atoms with Crippen LogP contribution in [0.2, 0.25) is 5.02 Å². The lowest BCUT2D eigenvalue weighted by molar-refractivity contribution is 0.0955. The van der Waals surface area contributed by atoms with E-state index in [2.05, 4.69) is 20.7 Å². The predicted molar refractivity (Wildman–Crippen MR) is 97.1 cm³/mol. The monoisotopic (exact) mass is 354 g/mol. The fourth-order valence-electron chi connectivity index (χ4n) is 2.21. The van der Waals surface area contributed by atoms with Gasteiger partial charge in [0.25, 0.3) is 5.91 Å². The van der Waals surface area contributed by atoms with E-state index in [-0.39, 0.29) is 5.91 Å². The van der Waals surface area contributed by atoms with Gasteiger partial charge in [0.15, 0.2) is 0 Å². The Balaban J connectivity index is 1.69. The third kappa shape index (κ3) is 4.05. The molecule has 1 heterocycles. The molecule has 0 aliphatic heterocycles. The van der Waals surface area contributed by atoms with Gasteiger partial charge in [0, 0.05) is 21.7 Å². The van der Waals surface area contributed by atoms with Gasteiger partial charge in [-0.05, 0) is 36.4 Å². The summed E-state index contributed by atoms with van der Waals surface area (Å²) >= 11 is 5.90. The van der Waals surface area contributed by atoms with Crippen LogP contribution in [-0.4, -0.2) is 29.4 Å². The van der Waals surface area contributed by atoms with Crippen LogP contribution < -0.4 is 10.2 Å². The number of aromatic nitrogens is 2. The zero-order valence-electron chi connectivity index (χ0n) is 13.4. The van der Waals surface area contributed by atoms with E-state index < -0.39 is 0 Å². The number of nitrogens with zero attached hydrogens (tertiary/aromatic N) is 2. The van der Waals surface area contributed by atoms with Crippen LogP contribution in [0.1, 0.15) is 15.9 Å². The molecule has 2 N–H and O–H groups in total. The van der Waals surface area contributed by atoms with Crippen LogP contribution in [0.3, 0.4) is 0 Å². The van der Waals surface area contributed by atoms with Gasteiger partial charge < -0.3 is 4.74 Å². The number of amides is 1. The minimum absolute atomic E-state index is 0.310. The van der Waals surface area contributed by atoms with Crippen LogP contribution in [-0.2, 0) is 0 Å². The third-order valence-electron chi connectivity index (χ3n) is 3.52. The summed E-state index contributed by atoms with van der Waals surface area (Å²) in [5.41, 5.74) is 5.44. The van der Waals surface area contributed by atoms with Gasteiger partial charge in [-0.1, -0.05) is 23.7 Å². The number of halogens is 1. The van der Waals surface area contributed by atoms with Gasteiger partial charge >= 0.3 is 0 Å². The molecule has 1 aromatic heterocycles. The van der Waals surface area contributed by atoms with E-state index in [1.165, 1.54) is 6.21 Å². The number of benzene rings is 2. The van der Waals surface area contributed by atoms with Gasteiger partial charge in [-0.25, -0.2) is 5.43 Å². The van der Waals surface area contributed by atoms with Gasteiger partial charge in [-0.15, -0.1) is 0 Å². The second-order valence-corrected chi connectivity index (χ2v) is 5.57. The standard InChI is InChI=1S/C18H15ClN4O2/c1-25-16-8-4-13(5-9-16)18(24)23-21-11-14-10-20-22-17(14)12-2-6-15(19)7-3-12/h2-11H,1H3,(H,20,22)(H,23,24)/b21-11+. The Morgan fingerprint density at radius 1 is 1.20 bits per heavy atom. The Hall–Kier alpha value is -3.12. The molecule has 1 amide bonds. The second-order valence-electron chi connectivity index (χ2n) is 5.13. The number of H-pyrrole nitrogens is 1. The number of rotatable bonds is 5. The molecular formula is C18H15ClN4O2. The average molecular weight is 355 g/mol. The largest absolute Gasteiger partial charge is 0.497 e. The maximum atomic E-state index is 12.1. The summed E-state index contributed by atoms with van der Waals surface area (Å²) in [6, 6.07) is 14.1. The lowest BCUT2D eigenvalue weighted by atomic mass is 10.1. The predicted octanol–water partition coefficient (Wildman–Crippen LogP) is 3.50. The maximum Gasteiger partial charge on any atom is 0.271 e. The topological polar surface area (TPSA) is 79.4 Å². The maximum absolute atomic E-state index is 12.1. The summed E-state index contributed by atoms with van der Waals surface area (Å²) in [5, 5.41) is 11.6. The van der Waals surface area contributed by atoms with E-state index in [4.69, 9.17) is 16.3 Å². The minimum atomic E-state index is -0.310. The molecule has 2 aromatic carbocycles. The Morgan fingerprint density at radius 3 is 2.60 bits per heavy atom. The van der Waals surface area contributed by atoms with Crippen molar-refractivity contribution >= 4 is 23.7 Å². The number of nitrogens with one attached hydrogen (secondary N) is 2. The van der Waals surface area contributed by atoms with Crippen LogP contribution >= 0.6 is 11.6 Å². The van der Waals surface area contributed by atoms with E-state index >= 15 is 0 Å². The van der Waals surface area contributed by atoms with Gasteiger partial charge in [-0.3, -0.25) is 9.89 Å². The molecular weight excluding hydrogens is 340 g/mol. The molecule has 0 saturated heterocycles. The summed E-state index contributed by atoms with van der Waals surface area (Å²) in [5.74, 6) is 0.376. The molecule has 0 aliphatic carbocycles. The molecule has 0 saturated carbocycles. The molecule has 3 rings (SSSR count). The molecule has 3 aromatic rings. The third-order valence-corrected chi connectivity index (χ3v) is 3.78. The van der Waals surface area contributed by atoms with E-state index in [1.54, 1.807) is 49.7 Å². The molecule has 0 aliphatic rings. The highest BCUT2D eigenvalue weighted by molar-refractivity contribution is 6.30. The summed E-state index contributed by atoms with van der Waals surface area (Å²) < 4.78 is 5.06. The molecule has 0 spiro atoms. The molecule has 25 heavy (non-hydrogen) atoms. The Labute approximate surface area is 149 Å². The Morgan fingerprint density at radius 2 is 1.92 bits per heavy atom. The van der Waals surface area contributed by atoms with Crippen molar-refractivity contribution in [2.45, 2.75) is 0 Å². The highest BCUT2D eigenvalue weighted by Gasteiger charge is 2.07. The first-order chi connectivity index (χ1) is 12.2. The number of carbonyl (C=O) groups is 1. The summed E-state index contributed by atoms with van der Waals surface area (Å²) in [6.07, 6.45) is 3.17. The van der Waals surface area contributed by atoms with Crippen molar-refractivity contribution in [3.8, 4) is 17.0 Å². The number of methoxy groups -OCH3 is 1. The van der Waals surface area contributed by atoms with Crippen molar-refractivity contribution in [3.63, 3.8) is 0 Å². The molecule has 0 radical (unpaired) electrons. The first-order valence-corrected chi connectivity index (χ1v) is 7.82. The first kappa shape index (κ1) is 16.7. The van der Waals surface area contributed by atoms with E-state index in [0.717, 1.165) is 16.8 Å². The summed E-state index contributed by atoms with van der Waals surface area (Å²) in [4.78, 5) is 12.1. The number of aromatic amines is 1. The number of ether oxygens (including phenoxy) is 1. The fourth-order valence-corrected chi connectivity index (χ4v) is 2.33. The van der Waals surface area contributed by atoms with Gasteiger partial charge in [0.05, 0.1) is 25.2 Å². The Kier molecular flexibility index (Phi) is 5.11. The van der Waals surface area contributed by atoms with Crippen molar-refractivity contribution in [2.24, 2.45) is 5.10 Å². The highest BCUT2D eigenvalue weighted by atomic mass is 35.5.